The first-order valence-corrected chi connectivity index (χ1v) is 6.09. The molecular formula is C14H21N. The number of hydrogen-bond acceptors (Lipinski definition) is 1. The summed E-state index contributed by atoms with van der Waals surface area (Å²) in [4.78, 5) is 0. The van der Waals surface area contributed by atoms with Gasteiger partial charge < -0.3 is 5.32 Å². The highest BCUT2D eigenvalue weighted by Gasteiger charge is 2.24. The Hall–Kier alpha value is -0.820. The van der Waals surface area contributed by atoms with E-state index in [1.165, 1.54) is 24.0 Å². The molecule has 0 bridgehead atoms. The van der Waals surface area contributed by atoms with Gasteiger partial charge >= 0.3 is 0 Å². The fourth-order valence-electron chi connectivity index (χ4n) is 2.40. The number of aryl methyl sites for hydroxylation is 1. The lowest BCUT2D eigenvalue weighted by Gasteiger charge is -2.33. The summed E-state index contributed by atoms with van der Waals surface area (Å²) >= 11 is 0. The van der Waals surface area contributed by atoms with Crippen molar-refractivity contribution in [2.75, 3.05) is 0 Å². The maximum atomic E-state index is 3.64. The monoisotopic (exact) mass is 203 g/mol. The molecule has 1 aromatic rings. The van der Waals surface area contributed by atoms with Crippen LogP contribution < -0.4 is 5.32 Å². The average Bonchev–Trinajstić information content (AvgIpc) is 2.23. The normalized spacial score (nSPS) is 24.9. The van der Waals surface area contributed by atoms with E-state index in [0.717, 1.165) is 24.9 Å². The van der Waals surface area contributed by atoms with E-state index in [2.05, 4.69) is 43.4 Å². The molecule has 0 saturated heterocycles. The Morgan fingerprint density at radius 2 is 1.87 bits per heavy atom. The number of rotatable bonds is 4. The second-order valence-electron chi connectivity index (χ2n) is 4.78. The first kappa shape index (κ1) is 10.7. The molecule has 1 saturated carbocycles. The lowest BCUT2D eigenvalue weighted by Crippen LogP contribution is -2.39. The van der Waals surface area contributed by atoms with E-state index < -0.39 is 0 Å². The van der Waals surface area contributed by atoms with E-state index in [4.69, 9.17) is 0 Å². The lowest BCUT2D eigenvalue weighted by atomic mass is 9.82. The van der Waals surface area contributed by atoms with Crippen LogP contribution >= 0.6 is 0 Å². The molecule has 1 N–H and O–H groups in total. The van der Waals surface area contributed by atoms with Gasteiger partial charge in [-0.25, -0.2) is 0 Å². The molecule has 0 amide bonds. The molecule has 2 rings (SSSR count). The zero-order valence-electron chi connectivity index (χ0n) is 9.79. The Labute approximate surface area is 92.9 Å². The van der Waals surface area contributed by atoms with E-state index in [1.54, 1.807) is 0 Å². The maximum Gasteiger partial charge on any atom is 0.0210 e. The molecule has 0 unspecified atom stereocenters. The van der Waals surface area contributed by atoms with E-state index in [9.17, 15) is 0 Å². The van der Waals surface area contributed by atoms with Crippen molar-refractivity contribution in [2.45, 2.75) is 45.7 Å². The van der Waals surface area contributed by atoms with Gasteiger partial charge in [-0.2, -0.15) is 0 Å². The molecule has 0 aliphatic heterocycles. The van der Waals surface area contributed by atoms with Gasteiger partial charge in [0.05, 0.1) is 0 Å². The Balaban J connectivity index is 1.87. The minimum Gasteiger partial charge on any atom is -0.310 e. The third-order valence-electron chi connectivity index (χ3n) is 3.45. The van der Waals surface area contributed by atoms with Gasteiger partial charge in [-0.3, -0.25) is 0 Å². The molecule has 1 nitrogen and oxygen atoms in total. The molecule has 15 heavy (non-hydrogen) atoms. The van der Waals surface area contributed by atoms with Gasteiger partial charge in [0.1, 0.15) is 0 Å². The SMILES string of the molecule is CCc1ccccc1CNC1CC(C)C1. The highest BCUT2D eigenvalue weighted by Crippen LogP contribution is 2.26. The molecule has 1 aliphatic carbocycles. The summed E-state index contributed by atoms with van der Waals surface area (Å²) in [7, 11) is 0. The van der Waals surface area contributed by atoms with Crippen molar-refractivity contribution >= 4 is 0 Å². The van der Waals surface area contributed by atoms with Crippen LogP contribution in [0, 0.1) is 5.92 Å². The number of nitrogens with one attached hydrogen (secondary N) is 1. The Kier molecular flexibility index (Phi) is 3.42. The Morgan fingerprint density at radius 3 is 2.47 bits per heavy atom. The summed E-state index contributed by atoms with van der Waals surface area (Å²) in [6.45, 7) is 5.60. The van der Waals surface area contributed by atoms with Crippen LogP contribution in [-0.4, -0.2) is 6.04 Å². The van der Waals surface area contributed by atoms with Crippen molar-refractivity contribution < 1.29 is 0 Å². The fraction of sp³-hybridized carbons (Fsp3) is 0.571. The van der Waals surface area contributed by atoms with Gasteiger partial charge in [0.2, 0.25) is 0 Å². The Morgan fingerprint density at radius 1 is 1.20 bits per heavy atom. The van der Waals surface area contributed by atoms with Crippen LogP contribution in [0.1, 0.15) is 37.8 Å². The third kappa shape index (κ3) is 2.60. The van der Waals surface area contributed by atoms with Crippen LogP contribution in [0.2, 0.25) is 0 Å². The van der Waals surface area contributed by atoms with Crippen molar-refractivity contribution in [3.8, 4) is 0 Å². The van der Waals surface area contributed by atoms with Gasteiger partial charge in [-0.05, 0) is 36.3 Å². The van der Waals surface area contributed by atoms with Gasteiger partial charge in [0, 0.05) is 12.6 Å². The number of hydrogen-bond donors (Lipinski definition) is 1. The molecule has 1 heteroatoms. The van der Waals surface area contributed by atoms with Crippen LogP contribution in [-0.2, 0) is 13.0 Å². The van der Waals surface area contributed by atoms with E-state index in [1.807, 2.05) is 0 Å². The molecule has 1 aromatic carbocycles. The fourth-order valence-corrected chi connectivity index (χ4v) is 2.40. The van der Waals surface area contributed by atoms with Gasteiger partial charge in [-0.1, -0.05) is 38.1 Å². The standard InChI is InChI=1S/C14H21N/c1-3-12-6-4-5-7-13(12)10-15-14-8-11(2)9-14/h4-7,11,14-15H,3,8-10H2,1-2H3. The van der Waals surface area contributed by atoms with Crippen LogP contribution in [0.3, 0.4) is 0 Å². The first-order valence-electron chi connectivity index (χ1n) is 6.09. The largest absolute Gasteiger partial charge is 0.310 e. The number of benzene rings is 1. The van der Waals surface area contributed by atoms with Crippen molar-refractivity contribution in [1.82, 2.24) is 5.32 Å². The quantitative estimate of drug-likeness (QED) is 0.792. The third-order valence-corrected chi connectivity index (χ3v) is 3.45. The smallest absolute Gasteiger partial charge is 0.0210 e. The van der Waals surface area contributed by atoms with Crippen LogP contribution in [0.25, 0.3) is 0 Å². The second-order valence-corrected chi connectivity index (χ2v) is 4.78. The topological polar surface area (TPSA) is 12.0 Å². The van der Waals surface area contributed by atoms with E-state index >= 15 is 0 Å². The van der Waals surface area contributed by atoms with Crippen molar-refractivity contribution in [1.29, 1.82) is 0 Å². The minimum atomic E-state index is 0.768. The maximum absolute atomic E-state index is 3.64. The van der Waals surface area contributed by atoms with Crippen molar-refractivity contribution in [3.63, 3.8) is 0 Å². The molecule has 0 atom stereocenters. The van der Waals surface area contributed by atoms with Gasteiger partial charge in [0.15, 0.2) is 0 Å². The average molecular weight is 203 g/mol. The lowest BCUT2D eigenvalue weighted by molar-refractivity contribution is 0.240. The molecule has 0 heterocycles. The summed E-state index contributed by atoms with van der Waals surface area (Å²) in [5, 5.41) is 3.64. The molecule has 1 aliphatic rings. The first-order chi connectivity index (χ1) is 7.29. The summed E-state index contributed by atoms with van der Waals surface area (Å²) in [6.07, 6.45) is 3.85. The van der Waals surface area contributed by atoms with E-state index in [-0.39, 0.29) is 0 Å². The molecule has 1 fully saturated rings. The summed E-state index contributed by atoms with van der Waals surface area (Å²) in [5.74, 6) is 0.934. The highest BCUT2D eigenvalue weighted by molar-refractivity contribution is 5.26. The zero-order chi connectivity index (χ0) is 10.7. The molecule has 0 radical (unpaired) electrons. The predicted octanol–water partition coefficient (Wildman–Crippen LogP) is 3.14. The molecular weight excluding hydrogens is 182 g/mol. The molecule has 0 aromatic heterocycles. The van der Waals surface area contributed by atoms with Crippen LogP contribution in [0.5, 0.6) is 0 Å². The summed E-state index contributed by atoms with van der Waals surface area (Å²) < 4.78 is 0. The van der Waals surface area contributed by atoms with Crippen LogP contribution in [0.4, 0.5) is 0 Å². The van der Waals surface area contributed by atoms with E-state index in [0.29, 0.717) is 0 Å². The predicted molar refractivity (Wildman–Crippen MR) is 64.8 cm³/mol. The van der Waals surface area contributed by atoms with Gasteiger partial charge in [0.25, 0.3) is 0 Å². The summed E-state index contributed by atoms with van der Waals surface area (Å²) in [6, 6.07) is 9.52. The molecule has 0 spiro atoms. The minimum absolute atomic E-state index is 0.768. The van der Waals surface area contributed by atoms with Crippen molar-refractivity contribution in [3.05, 3.63) is 35.4 Å². The highest BCUT2D eigenvalue weighted by atomic mass is 14.9. The molecule has 82 valence electrons. The van der Waals surface area contributed by atoms with Crippen LogP contribution in [0.15, 0.2) is 24.3 Å². The second kappa shape index (κ2) is 4.80. The van der Waals surface area contributed by atoms with Crippen molar-refractivity contribution in [2.24, 2.45) is 5.92 Å². The Bertz CT molecular complexity index is 313. The zero-order valence-corrected chi connectivity index (χ0v) is 9.79. The van der Waals surface area contributed by atoms with Gasteiger partial charge in [-0.15, -0.1) is 0 Å². The summed E-state index contributed by atoms with van der Waals surface area (Å²) in [5.41, 5.74) is 2.96.